The topological polar surface area (TPSA) is 127 Å². The van der Waals surface area contributed by atoms with Crippen LogP contribution in [0, 0.1) is 44.1 Å². The number of alkyl halides is 3. The molecule has 0 aliphatic rings. The van der Waals surface area contributed by atoms with Crippen molar-refractivity contribution in [3.05, 3.63) is 44.1 Å². The van der Waals surface area contributed by atoms with Crippen molar-refractivity contribution < 1.29 is 18.1 Å². The van der Waals surface area contributed by atoms with Gasteiger partial charge in [0.2, 0.25) is 0 Å². The molecular weight excluding hydrogens is 339 g/mol. The smallest absolute Gasteiger partial charge is 0.340 e. The van der Waals surface area contributed by atoms with Gasteiger partial charge in [0.25, 0.3) is 5.69 Å². The quantitative estimate of drug-likeness (QED) is 0.509. The number of hydrogen-bond donors (Lipinski definition) is 1. The molecule has 11 heteroatoms. The zero-order valence-electron chi connectivity index (χ0n) is 10.8. The number of allylic oxidation sites excluding steroid dienone is 2. The molecule has 23 heavy (non-hydrogen) atoms. The van der Waals surface area contributed by atoms with E-state index in [2.05, 4.69) is 0 Å². The molecular formula is C12H3ClF3N5O2. The average molecular weight is 342 g/mol. The molecule has 7 nitrogen and oxygen atoms in total. The summed E-state index contributed by atoms with van der Waals surface area (Å²) in [5, 5.41) is 38.2. The number of halogens is 4. The van der Waals surface area contributed by atoms with Crippen molar-refractivity contribution in [1.82, 2.24) is 0 Å². The summed E-state index contributed by atoms with van der Waals surface area (Å²) >= 11 is 5.38. The van der Waals surface area contributed by atoms with Crippen LogP contribution in [-0.4, -0.2) is 4.92 Å². The summed E-state index contributed by atoms with van der Waals surface area (Å²) in [6, 6.07) is 4.85. The molecule has 0 atom stereocenters. The van der Waals surface area contributed by atoms with Crippen LogP contribution >= 0.6 is 11.6 Å². The Bertz CT molecular complexity index is 811. The minimum absolute atomic E-state index is 0.324. The lowest BCUT2D eigenvalue weighted by Crippen LogP contribution is -2.10. The minimum atomic E-state index is -4.90. The van der Waals surface area contributed by atoms with Crippen LogP contribution < -0.4 is 5.32 Å². The van der Waals surface area contributed by atoms with Gasteiger partial charge in [0, 0.05) is 6.07 Å². The van der Waals surface area contributed by atoms with Crippen molar-refractivity contribution in [3.63, 3.8) is 0 Å². The SMILES string of the molecule is N#CC(C#N)=C(C#N)Nc1cc(C(F)(F)F)c(Cl)cc1[N+](=O)[O-]. The fourth-order valence-corrected chi connectivity index (χ4v) is 1.71. The fraction of sp³-hybridized carbons (Fsp3) is 0.0833. The van der Waals surface area contributed by atoms with E-state index in [0.717, 1.165) is 0 Å². The van der Waals surface area contributed by atoms with Gasteiger partial charge < -0.3 is 5.32 Å². The lowest BCUT2D eigenvalue weighted by atomic mass is 10.1. The number of nitrogens with one attached hydrogen (secondary N) is 1. The molecule has 0 spiro atoms. The maximum absolute atomic E-state index is 12.8. The van der Waals surface area contributed by atoms with Gasteiger partial charge in [0.05, 0.1) is 15.5 Å². The Balaban J connectivity index is 3.61. The molecule has 0 unspecified atom stereocenters. The number of nitrogens with zero attached hydrogens (tertiary/aromatic N) is 4. The molecule has 1 aromatic carbocycles. The van der Waals surface area contributed by atoms with E-state index in [9.17, 15) is 23.3 Å². The van der Waals surface area contributed by atoms with Crippen molar-refractivity contribution in [2.45, 2.75) is 6.18 Å². The van der Waals surface area contributed by atoms with Gasteiger partial charge in [-0.3, -0.25) is 10.1 Å². The van der Waals surface area contributed by atoms with Crippen LogP contribution in [0.25, 0.3) is 0 Å². The molecule has 0 saturated carbocycles. The number of anilines is 1. The minimum Gasteiger partial charge on any atom is -0.340 e. The van der Waals surface area contributed by atoms with E-state index < -0.39 is 44.3 Å². The van der Waals surface area contributed by atoms with E-state index in [4.69, 9.17) is 27.4 Å². The van der Waals surface area contributed by atoms with Gasteiger partial charge >= 0.3 is 6.18 Å². The number of nitro benzene ring substituents is 1. The molecule has 1 N–H and O–H groups in total. The summed E-state index contributed by atoms with van der Waals surface area (Å²) in [5.74, 6) is 0. The van der Waals surface area contributed by atoms with Gasteiger partial charge in [-0.15, -0.1) is 0 Å². The second-order valence-corrected chi connectivity index (χ2v) is 4.22. The Kier molecular flexibility index (Phi) is 5.13. The number of nitro groups is 1. The molecule has 0 bridgehead atoms. The van der Waals surface area contributed by atoms with Crippen LogP contribution in [-0.2, 0) is 6.18 Å². The molecule has 116 valence electrons. The van der Waals surface area contributed by atoms with Crippen molar-refractivity contribution in [3.8, 4) is 18.2 Å². The summed E-state index contributed by atoms with van der Waals surface area (Å²) in [4.78, 5) is 9.88. The molecule has 0 aliphatic carbocycles. The molecule has 0 heterocycles. The maximum Gasteiger partial charge on any atom is 0.417 e. The number of rotatable bonds is 3. The van der Waals surface area contributed by atoms with Gasteiger partial charge in [0.15, 0.2) is 5.57 Å². The van der Waals surface area contributed by atoms with E-state index in [1.54, 1.807) is 0 Å². The molecule has 0 amide bonds. The van der Waals surface area contributed by atoms with E-state index in [-0.39, 0.29) is 0 Å². The third-order valence-electron chi connectivity index (χ3n) is 2.43. The third-order valence-corrected chi connectivity index (χ3v) is 2.75. The fourth-order valence-electron chi connectivity index (χ4n) is 1.45. The summed E-state index contributed by atoms with van der Waals surface area (Å²) in [7, 11) is 0. The van der Waals surface area contributed by atoms with Gasteiger partial charge in [-0.25, -0.2) is 0 Å². The first-order valence-electron chi connectivity index (χ1n) is 5.42. The average Bonchev–Trinajstić information content (AvgIpc) is 2.46. The number of nitriles is 3. The first kappa shape index (κ1) is 17.8. The second kappa shape index (κ2) is 6.65. The van der Waals surface area contributed by atoms with Crippen LogP contribution in [0.3, 0.4) is 0 Å². The summed E-state index contributed by atoms with van der Waals surface area (Å²) in [6.07, 6.45) is -4.90. The summed E-state index contributed by atoms with van der Waals surface area (Å²) < 4.78 is 38.4. The second-order valence-electron chi connectivity index (χ2n) is 3.81. The molecule has 0 radical (unpaired) electrons. The van der Waals surface area contributed by atoms with Gasteiger partial charge in [-0.2, -0.15) is 29.0 Å². The first-order chi connectivity index (χ1) is 10.6. The van der Waals surface area contributed by atoms with E-state index >= 15 is 0 Å². The molecule has 0 aliphatic heterocycles. The summed E-state index contributed by atoms with van der Waals surface area (Å²) in [6.45, 7) is 0. The van der Waals surface area contributed by atoms with E-state index in [0.29, 0.717) is 12.1 Å². The third kappa shape index (κ3) is 3.88. The van der Waals surface area contributed by atoms with Crippen LogP contribution in [0.15, 0.2) is 23.4 Å². The van der Waals surface area contributed by atoms with Crippen LogP contribution in [0.1, 0.15) is 5.56 Å². The van der Waals surface area contributed by atoms with Crippen molar-refractivity contribution in [1.29, 1.82) is 15.8 Å². The Morgan fingerprint density at radius 3 is 2.17 bits per heavy atom. The van der Waals surface area contributed by atoms with E-state index in [1.165, 1.54) is 18.2 Å². The number of hydrogen-bond acceptors (Lipinski definition) is 6. The monoisotopic (exact) mass is 341 g/mol. The van der Waals surface area contributed by atoms with Gasteiger partial charge in [0.1, 0.15) is 29.6 Å². The highest BCUT2D eigenvalue weighted by atomic mass is 35.5. The summed E-state index contributed by atoms with van der Waals surface area (Å²) in [5.41, 5.74) is -4.43. The van der Waals surface area contributed by atoms with Crippen molar-refractivity contribution in [2.24, 2.45) is 0 Å². The zero-order valence-corrected chi connectivity index (χ0v) is 11.5. The van der Waals surface area contributed by atoms with Gasteiger partial charge in [-0.05, 0) is 6.07 Å². The lowest BCUT2D eigenvalue weighted by Gasteiger charge is -2.12. The predicted octanol–water partition coefficient (Wildman–Crippen LogP) is 3.50. The largest absolute Gasteiger partial charge is 0.417 e. The Hall–Kier alpha value is -3.29. The van der Waals surface area contributed by atoms with Crippen molar-refractivity contribution in [2.75, 3.05) is 5.32 Å². The highest BCUT2D eigenvalue weighted by molar-refractivity contribution is 6.31. The number of benzene rings is 1. The molecule has 1 aromatic rings. The van der Waals surface area contributed by atoms with E-state index in [1.807, 2.05) is 5.32 Å². The molecule has 0 aromatic heterocycles. The zero-order chi connectivity index (χ0) is 17.8. The van der Waals surface area contributed by atoms with Crippen LogP contribution in [0.5, 0.6) is 0 Å². The predicted molar refractivity (Wildman–Crippen MR) is 70.6 cm³/mol. The lowest BCUT2D eigenvalue weighted by molar-refractivity contribution is -0.384. The van der Waals surface area contributed by atoms with Crippen LogP contribution in [0.4, 0.5) is 24.5 Å². The van der Waals surface area contributed by atoms with Gasteiger partial charge in [-0.1, -0.05) is 11.6 Å². The molecule has 0 saturated heterocycles. The Morgan fingerprint density at radius 1 is 1.22 bits per heavy atom. The normalized spacial score (nSPS) is 9.96. The van der Waals surface area contributed by atoms with Crippen LogP contribution in [0.2, 0.25) is 5.02 Å². The first-order valence-corrected chi connectivity index (χ1v) is 5.80. The Labute approximate surface area is 131 Å². The highest BCUT2D eigenvalue weighted by Gasteiger charge is 2.35. The maximum atomic E-state index is 12.8. The Morgan fingerprint density at radius 2 is 1.78 bits per heavy atom. The molecule has 1 rings (SSSR count). The highest BCUT2D eigenvalue weighted by Crippen LogP contribution is 2.40. The van der Waals surface area contributed by atoms with Crippen molar-refractivity contribution >= 4 is 23.0 Å². The molecule has 0 fully saturated rings. The standard InChI is InChI=1S/C12H3ClF3N5O2/c13-8-2-11(21(22)23)9(1-7(8)12(14,15)16)20-10(5-19)6(3-17)4-18/h1-2,20H.